The molecule has 0 N–H and O–H groups in total. The lowest BCUT2D eigenvalue weighted by atomic mass is 10.0. The molecule has 1 aromatic heterocycles. The van der Waals surface area contributed by atoms with E-state index in [1.165, 1.54) is 20.3 Å². The molecule has 0 aliphatic heterocycles. The third-order valence-electron chi connectivity index (χ3n) is 3.92. The van der Waals surface area contributed by atoms with Gasteiger partial charge in [0.05, 0.1) is 33.0 Å². The van der Waals surface area contributed by atoms with Crippen molar-refractivity contribution in [3.8, 4) is 28.5 Å². The van der Waals surface area contributed by atoms with Gasteiger partial charge in [-0.05, 0) is 30.3 Å². The smallest absolute Gasteiger partial charge is 0.161 e. The van der Waals surface area contributed by atoms with Gasteiger partial charge in [0.1, 0.15) is 11.3 Å². The molecule has 128 valence electrons. The van der Waals surface area contributed by atoms with Gasteiger partial charge in [0.2, 0.25) is 0 Å². The fourth-order valence-electron chi connectivity index (χ4n) is 2.70. The van der Waals surface area contributed by atoms with E-state index in [1.54, 1.807) is 43.5 Å². The van der Waals surface area contributed by atoms with Crippen molar-refractivity contribution >= 4 is 16.9 Å². The first-order valence-corrected chi connectivity index (χ1v) is 7.50. The summed E-state index contributed by atoms with van der Waals surface area (Å²) in [6.07, 6.45) is 0. The predicted octanol–water partition coefficient (Wildman–Crippen LogP) is 2.29. The van der Waals surface area contributed by atoms with E-state index in [0.717, 1.165) is 0 Å². The van der Waals surface area contributed by atoms with Crippen molar-refractivity contribution in [2.75, 3.05) is 21.3 Å². The summed E-state index contributed by atoms with van der Waals surface area (Å²) in [6.45, 7) is 0. The highest BCUT2D eigenvalue weighted by molar-refractivity contribution is 6.04. The van der Waals surface area contributed by atoms with Crippen molar-refractivity contribution in [3.63, 3.8) is 0 Å². The van der Waals surface area contributed by atoms with E-state index in [9.17, 15) is 9.90 Å². The Morgan fingerprint density at radius 3 is 2.28 bits per heavy atom. The van der Waals surface area contributed by atoms with Crippen LogP contribution in [0.15, 0.2) is 42.5 Å². The van der Waals surface area contributed by atoms with E-state index in [4.69, 9.17) is 14.2 Å². The average molecular weight is 338 g/mol. The summed E-state index contributed by atoms with van der Waals surface area (Å²) in [5.74, 6) is 0.311. The number of carbonyl (C=O) groups excluding carboxylic acids is 1. The Hall–Kier alpha value is -3.28. The predicted molar refractivity (Wildman–Crippen MR) is 91.2 cm³/mol. The van der Waals surface area contributed by atoms with Gasteiger partial charge in [0.25, 0.3) is 0 Å². The molecule has 0 saturated carbocycles. The monoisotopic (exact) mass is 338 g/mol. The normalized spacial score (nSPS) is 10.5. The lowest BCUT2D eigenvalue weighted by Gasteiger charge is -2.14. The van der Waals surface area contributed by atoms with E-state index in [1.807, 2.05) is 0 Å². The lowest BCUT2D eigenvalue weighted by molar-refractivity contribution is -0.254. The third-order valence-corrected chi connectivity index (χ3v) is 3.92. The number of carboxylic acid groups (broad SMARTS) is 1. The Morgan fingerprint density at radius 1 is 0.920 bits per heavy atom. The number of rotatable bonds is 5. The van der Waals surface area contributed by atoms with Crippen molar-refractivity contribution in [1.29, 1.82) is 0 Å². The molecule has 0 spiro atoms. The second kappa shape index (κ2) is 6.68. The molecule has 0 aliphatic rings. The first-order valence-electron chi connectivity index (χ1n) is 7.50. The molecule has 6 heteroatoms. The largest absolute Gasteiger partial charge is 0.545 e. The number of aromatic nitrogens is 1. The molecule has 0 amide bonds. The zero-order valence-corrected chi connectivity index (χ0v) is 14.0. The number of benzene rings is 2. The maximum absolute atomic E-state index is 11.6. The van der Waals surface area contributed by atoms with Crippen LogP contribution < -0.4 is 19.3 Å². The molecule has 3 rings (SSSR count). The van der Waals surface area contributed by atoms with Gasteiger partial charge in [-0.3, -0.25) is 0 Å². The Labute approximate surface area is 144 Å². The van der Waals surface area contributed by atoms with Gasteiger partial charge in [-0.1, -0.05) is 12.1 Å². The highest BCUT2D eigenvalue weighted by atomic mass is 16.5. The van der Waals surface area contributed by atoms with E-state index < -0.39 is 5.97 Å². The number of para-hydroxylation sites is 1. The summed E-state index contributed by atoms with van der Waals surface area (Å²) < 4.78 is 15.8. The van der Waals surface area contributed by atoms with Gasteiger partial charge < -0.3 is 24.1 Å². The van der Waals surface area contributed by atoms with Crippen LogP contribution in [-0.4, -0.2) is 32.3 Å². The lowest BCUT2D eigenvalue weighted by Crippen LogP contribution is -2.22. The second-order valence-corrected chi connectivity index (χ2v) is 5.27. The minimum Gasteiger partial charge on any atom is -0.545 e. The molecule has 0 fully saturated rings. The number of methoxy groups -OCH3 is 3. The van der Waals surface area contributed by atoms with Crippen LogP contribution in [0.1, 0.15) is 10.4 Å². The Morgan fingerprint density at radius 2 is 1.64 bits per heavy atom. The van der Waals surface area contributed by atoms with Gasteiger partial charge in [0.15, 0.2) is 11.5 Å². The van der Waals surface area contributed by atoms with Crippen molar-refractivity contribution in [2.45, 2.75) is 0 Å². The zero-order valence-electron chi connectivity index (χ0n) is 14.0. The van der Waals surface area contributed by atoms with Crippen LogP contribution in [0.3, 0.4) is 0 Å². The minimum atomic E-state index is -1.28. The van der Waals surface area contributed by atoms with E-state index in [2.05, 4.69) is 4.98 Å². The number of hydrogen-bond donors (Lipinski definition) is 0. The van der Waals surface area contributed by atoms with Gasteiger partial charge in [-0.25, -0.2) is 4.98 Å². The minimum absolute atomic E-state index is 0.0497. The highest BCUT2D eigenvalue weighted by Crippen LogP contribution is 2.34. The van der Waals surface area contributed by atoms with Crippen LogP contribution in [0, 0.1) is 0 Å². The number of carbonyl (C=O) groups is 1. The molecule has 0 aliphatic carbocycles. The molecule has 3 aromatic rings. The molecule has 6 nitrogen and oxygen atoms in total. The SMILES string of the molecule is COc1ccc(-c2cc(C(=O)[O-])c3cccc(OC)c3n2)cc1OC. The maximum atomic E-state index is 11.6. The fourth-order valence-corrected chi connectivity index (χ4v) is 2.70. The summed E-state index contributed by atoms with van der Waals surface area (Å²) in [5, 5.41) is 12.1. The number of hydrogen-bond acceptors (Lipinski definition) is 6. The second-order valence-electron chi connectivity index (χ2n) is 5.27. The number of ether oxygens (including phenoxy) is 3. The van der Waals surface area contributed by atoms with E-state index in [-0.39, 0.29) is 5.56 Å². The van der Waals surface area contributed by atoms with Crippen molar-refractivity contribution in [3.05, 3.63) is 48.0 Å². The van der Waals surface area contributed by atoms with E-state index >= 15 is 0 Å². The van der Waals surface area contributed by atoms with Gasteiger partial charge in [-0.2, -0.15) is 0 Å². The van der Waals surface area contributed by atoms with Gasteiger partial charge in [0, 0.05) is 16.5 Å². The number of pyridine rings is 1. The van der Waals surface area contributed by atoms with Gasteiger partial charge in [-0.15, -0.1) is 0 Å². The molecular formula is C19H16NO5-. The van der Waals surface area contributed by atoms with Crippen LogP contribution in [0.5, 0.6) is 17.2 Å². The van der Waals surface area contributed by atoms with Crippen LogP contribution >= 0.6 is 0 Å². The number of aromatic carboxylic acids is 1. The maximum Gasteiger partial charge on any atom is 0.161 e. The highest BCUT2D eigenvalue weighted by Gasteiger charge is 2.13. The van der Waals surface area contributed by atoms with Crippen LogP contribution in [0.4, 0.5) is 0 Å². The van der Waals surface area contributed by atoms with Gasteiger partial charge >= 0.3 is 0 Å². The molecule has 2 aromatic carbocycles. The average Bonchev–Trinajstić information content (AvgIpc) is 2.65. The van der Waals surface area contributed by atoms with Crippen LogP contribution in [0.2, 0.25) is 0 Å². The summed E-state index contributed by atoms with van der Waals surface area (Å²) in [7, 11) is 4.59. The van der Waals surface area contributed by atoms with Crippen molar-refractivity contribution in [2.24, 2.45) is 0 Å². The Balaban J connectivity index is 2.28. The molecule has 0 radical (unpaired) electrons. The summed E-state index contributed by atoms with van der Waals surface area (Å²) >= 11 is 0. The standard InChI is InChI=1S/C19H17NO5/c1-23-15-8-7-11(9-17(15)25-3)14-10-13(19(21)22)12-5-4-6-16(24-2)18(12)20-14/h4-10H,1-3H3,(H,21,22)/p-1. The number of nitrogens with zero attached hydrogens (tertiary/aromatic N) is 1. The first kappa shape index (κ1) is 16.6. The van der Waals surface area contributed by atoms with Crippen LogP contribution in [-0.2, 0) is 0 Å². The zero-order chi connectivity index (χ0) is 18.0. The molecule has 1 heterocycles. The van der Waals surface area contributed by atoms with E-state index in [0.29, 0.717) is 39.4 Å². The molecule has 0 bridgehead atoms. The molecular weight excluding hydrogens is 322 g/mol. The molecule has 25 heavy (non-hydrogen) atoms. The molecule has 0 saturated heterocycles. The molecule has 0 unspecified atom stereocenters. The number of fused-ring (bicyclic) bond motifs is 1. The third kappa shape index (κ3) is 2.94. The molecule has 0 atom stereocenters. The Bertz CT molecular complexity index is 952. The summed E-state index contributed by atoms with van der Waals surface area (Å²) in [6, 6.07) is 11.9. The van der Waals surface area contributed by atoms with Crippen LogP contribution in [0.25, 0.3) is 22.2 Å². The summed E-state index contributed by atoms with van der Waals surface area (Å²) in [4.78, 5) is 16.2. The van der Waals surface area contributed by atoms with Crippen molar-refractivity contribution < 1.29 is 24.1 Å². The number of carboxylic acids is 1. The topological polar surface area (TPSA) is 80.7 Å². The van der Waals surface area contributed by atoms with Crippen molar-refractivity contribution in [1.82, 2.24) is 4.98 Å². The Kier molecular flexibility index (Phi) is 4.43. The fraction of sp³-hybridized carbons (Fsp3) is 0.158. The first-order chi connectivity index (χ1) is 12.1. The summed E-state index contributed by atoms with van der Waals surface area (Å²) in [5.41, 5.74) is 1.66. The quantitative estimate of drug-likeness (QED) is 0.710.